The molecule has 0 heterocycles. The summed E-state index contributed by atoms with van der Waals surface area (Å²) in [6, 6.07) is 0. The molecule has 0 radical (unpaired) electrons. The Morgan fingerprint density at radius 2 is 1.38 bits per heavy atom. The molecule has 0 bridgehead atoms. The van der Waals surface area contributed by atoms with Gasteiger partial charge in [0.05, 0.1) is 0 Å². The summed E-state index contributed by atoms with van der Waals surface area (Å²) in [5, 5.41) is 1.02. The van der Waals surface area contributed by atoms with Crippen LogP contribution in [0.4, 0.5) is 0 Å². The summed E-state index contributed by atoms with van der Waals surface area (Å²) < 4.78 is 0.696. The molecule has 2 aliphatic rings. The van der Waals surface area contributed by atoms with Crippen LogP contribution in [0.1, 0.15) is 72.1 Å². The van der Waals surface area contributed by atoms with E-state index in [2.05, 4.69) is 18.7 Å². The molecule has 0 aromatic heterocycles. The van der Waals surface area contributed by atoms with Crippen molar-refractivity contribution in [2.45, 2.75) is 82.1 Å². The molecule has 2 nitrogen and oxygen atoms in total. The topological polar surface area (TPSA) is 63.0 Å². The van der Waals surface area contributed by atoms with Gasteiger partial charge in [0.2, 0.25) is 0 Å². The lowest BCUT2D eigenvalue weighted by atomic mass is 9.86. The van der Waals surface area contributed by atoms with E-state index in [1.807, 2.05) is 13.8 Å². The third-order valence-corrected chi connectivity index (χ3v) is 5.20. The van der Waals surface area contributed by atoms with Gasteiger partial charge in [0.15, 0.2) is 0 Å². The van der Waals surface area contributed by atoms with Crippen molar-refractivity contribution in [2.24, 2.45) is 0 Å². The summed E-state index contributed by atoms with van der Waals surface area (Å²) in [5.41, 5.74) is 0. The molecule has 2 rings (SSSR count). The van der Waals surface area contributed by atoms with E-state index in [9.17, 15) is 0 Å². The van der Waals surface area contributed by atoms with Crippen LogP contribution in [0, 0.1) is 0 Å². The highest BCUT2D eigenvalue weighted by molar-refractivity contribution is 8.01. The van der Waals surface area contributed by atoms with Gasteiger partial charge in [-0.3, -0.25) is 0 Å². The third-order valence-electron chi connectivity index (χ3n) is 3.41. The van der Waals surface area contributed by atoms with Crippen LogP contribution in [0.5, 0.6) is 0 Å². The number of hydrogen-bond donors (Lipinski definition) is 0. The third kappa shape index (κ3) is 5.55. The molecule has 2 aliphatic carbocycles. The Kier molecular flexibility index (Phi) is 10.8. The first-order valence-electron chi connectivity index (χ1n) is 6.46. The van der Waals surface area contributed by atoms with Crippen LogP contribution < -0.4 is 0 Å². The van der Waals surface area contributed by atoms with Crippen LogP contribution in [0.15, 0.2) is 0 Å². The fraction of sp³-hybridized carbons (Fsp3) is 1.00. The molecule has 0 atom stereocenters. The van der Waals surface area contributed by atoms with Gasteiger partial charge in [-0.1, -0.05) is 46.5 Å². The van der Waals surface area contributed by atoms with Crippen molar-refractivity contribution in [3.8, 4) is 0 Å². The fourth-order valence-corrected chi connectivity index (χ4v) is 4.28. The average molecular weight is 250 g/mol. The molecule has 16 heavy (non-hydrogen) atoms. The normalized spacial score (nSPS) is 22.7. The second-order valence-electron chi connectivity index (χ2n) is 4.68. The van der Waals surface area contributed by atoms with Gasteiger partial charge in [-0.25, -0.2) is 0 Å². The minimum Gasteiger partial charge on any atom is -0.412 e. The number of rotatable bonds is 2. The zero-order chi connectivity index (χ0) is 10.4. The van der Waals surface area contributed by atoms with E-state index in [4.69, 9.17) is 0 Å². The highest BCUT2D eigenvalue weighted by Crippen LogP contribution is 2.48. The van der Waals surface area contributed by atoms with Crippen molar-refractivity contribution in [3.05, 3.63) is 0 Å². The maximum absolute atomic E-state index is 2.47. The lowest BCUT2D eigenvalue weighted by Crippen LogP contribution is -2.32. The monoisotopic (exact) mass is 250 g/mol. The molecule has 4 N–H and O–H groups in total. The zero-order valence-corrected chi connectivity index (χ0v) is 12.0. The van der Waals surface area contributed by atoms with Gasteiger partial charge in [0.25, 0.3) is 0 Å². The lowest BCUT2D eigenvalue weighted by molar-refractivity contribution is 0.386. The van der Waals surface area contributed by atoms with Gasteiger partial charge in [-0.2, -0.15) is 11.8 Å². The Balaban J connectivity index is 0. The summed E-state index contributed by atoms with van der Waals surface area (Å²) >= 11 is 2.31. The quantitative estimate of drug-likeness (QED) is 0.741. The van der Waals surface area contributed by atoms with Crippen molar-refractivity contribution in [1.82, 2.24) is 0 Å². The predicted molar refractivity (Wildman–Crippen MR) is 75.3 cm³/mol. The summed E-state index contributed by atoms with van der Waals surface area (Å²) in [5.74, 6) is 0. The Morgan fingerprint density at radius 3 is 1.75 bits per heavy atom. The van der Waals surface area contributed by atoms with Gasteiger partial charge in [-0.05, 0) is 25.7 Å². The van der Waals surface area contributed by atoms with Crippen molar-refractivity contribution in [1.29, 1.82) is 0 Å². The molecule has 0 saturated heterocycles. The van der Waals surface area contributed by atoms with E-state index in [0.29, 0.717) is 4.75 Å². The van der Waals surface area contributed by atoms with E-state index >= 15 is 0 Å². The Morgan fingerprint density at radius 1 is 0.875 bits per heavy atom. The zero-order valence-electron chi connectivity index (χ0n) is 11.1. The lowest BCUT2D eigenvalue weighted by Gasteiger charge is -2.41. The van der Waals surface area contributed by atoms with Gasteiger partial charge in [0, 0.05) is 10.00 Å². The van der Waals surface area contributed by atoms with Gasteiger partial charge < -0.3 is 11.0 Å². The Bertz CT molecular complexity index is 152. The number of hydrogen-bond acceptors (Lipinski definition) is 1. The SMILES string of the molecule is CC.CC1(SC2CCCCC2)CCC1.O.O. The second kappa shape index (κ2) is 9.32. The molecule has 100 valence electrons. The Labute approximate surface area is 105 Å². The molecular weight excluding hydrogens is 220 g/mol. The highest BCUT2D eigenvalue weighted by Gasteiger charge is 2.34. The molecule has 0 aromatic rings. The predicted octanol–water partition coefficient (Wildman–Crippen LogP) is 3.37. The fourth-order valence-electron chi connectivity index (χ4n) is 2.38. The molecule has 0 aliphatic heterocycles. The van der Waals surface area contributed by atoms with Crippen LogP contribution in [0.2, 0.25) is 0 Å². The van der Waals surface area contributed by atoms with Crippen LogP contribution in [0.3, 0.4) is 0 Å². The van der Waals surface area contributed by atoms with Crippen molar-refractivity contribution < 1.29 is 11.0 Å². The van der Waals surface area contributed by atoms with E-state index in [1.165, 1.54) is 51.4 Å². The molecule has 2 fully saturated rings. The maximum atomic E-state index is 2.47. The van der Waals surface area contributed by atoms with Crippen LogP contribution in [0.25, 0.3) is 0 Å². The van der Waals surface area contributed by atoms with Gasteiger partial charge in [-0.15, -0.1) is 0 Å². The highest BCUT2D eigenvalue weighted by atomic mass is 32.2. The van der Waals surface area contributed by atoms with Crippen LogP contribution >= 0.6 is 11.8 Å². The van der Waals surface area contributed by atoms with Crippen LogP contribution in [-0.4, -0.2) is 20.9 Å². The van der Waals surface area contributed by atoms with E-state index in [-0.39, 0.29) is 11.0 Å². The van der Waals surface area contributed by atoms with E-state index in [0.717, 1.165) is 5.25 Å². The Hall–Kier alpha value is 0.270. The summed E-state index contributed by atoms with van der Waals surface area (Å²) in [7, 11) is 0. The molecule has 0 spiro atoms. The average Bonchev–Trinajstić information content (AvgIpc) is 2.20. The molecule has 3 heteroatoms. The summed E-state index contributed by atoms with van der Waals surface area (Å²) in [4.78, 5) is 0. The van der Waals surface area contributed by atoms with Crippen molar-refractivity contribution in [2.75, 3.05) is 0 Å². The van der Waals surface area contributed by atoms with E-state index in [1.54, 1.807) is 0 Å². The standard InChI is InChI=1S/C11H20S.C2H6.2H2O/c1-11(8-5-9-11)12-10-6-3-2-4-7-10;1-2;;/h10H,2-9H2,1H3;1-2H3;2*1H2. The molecule has 0 unspecified atom stereocenters. The first-order valence-corrected chi connectivity index (χ1v) is 7.34. The summed E-state index contributed by atoms with van der Waals surface area (Å²) in [6.07, 6.45) is 11.9. The molecule has 0 amide bonds. The van der Waals surface area contributed by atoms with Crippen LogP contribution in [-0.2, 0) is 0 Å². The van der Waals surface area contributed by atoms with Crippen molar-refractivity contribution in [3.63, 3.8) is 0 Å². The minimum atomic E-state index is 0. The molecule has 0 aromatic carbocycles. The smallest absolute Gasteiger partial charge is 0.0134 e. The largest absolute Gasteiger partial charge is 0.412 e. The van der Waals surface area contributed by atoms with Crippen molar-refractivity contribution >= 4 is 11.8 Å². The first kappa shape index (κ1) is 18.6. The second-order valence-corrected chi connectivity index (χ2v) is 6.57. The molecule has 2 saturated carbocycles. The minimum absolute atomic E-state index is 0. The van der Waals surface area contributed by atoms with Gasteiger partial charge in [0.1, 0.15) is 0 Å². The van der Waals surface area contributed by atoms with E-state index < -0.39 is 0 Å². The first-order chi connectivity index (χ1) is 6.79. The molecular formula is C13H30O2S. The number of thioether (sulfide) groups is 1. The maximum Gasteiger partial charge on any atom is 0.0134 e. The summed E-state index contributed by atoms with van der Waals surface area (Å²) in [6.45, 7) is 6.47. The van der Waals surface area contributed by atoms with Gasteiger partial charge >= 0.3 is 0 Å².